The molecule has 1 amide bonds. The molecular formula is C12H23N3O. The van der Waals surface area contributed by atoms with Gasteiger partial charge >= 0.3 is 0 Å². The highest BCUT2D eigenvalue weighted by Gasteiger charge is 2.49. The molecule has 2 unspecified atom stereocenters. The molecule has 0 bridgehead atoms. The summed E-state index contributed by atoms with van der Waals surface area (Å²) in [6, 6.07) is 0. The largest absolute Gasteiger partial charge is 0.348 e. The van der Waals surface area contributed by atoms with Gasteiger partial charge in [0.2, 0.25) is 5.91 Å². The van der Waals surface area contributed by atoms with Crippen molar-refractivity contribution in [2.45, 2.75) is 19.4 Å². The highest BCUT2D eigenvalue weighted by Crippen LogP contribution is 2.40. The van der Waals surface area contributed by atoms with Gasteiger partial charge in [0.25, 0.3) is 0 Å². The number of rotatable bonds is 2. The number of carbonyl (C=O) groups excluding carboxylic acids is 1. The van der Waals surface area contributed by atoms with Crippen LogP contribution in [0.25, 0.3) is 0 Å². The Labute approximate surface area is 98.0 Å². The summed E-state index contributed by atoms with van der Waals surface area (Å²) in [6.07, 6.45) is 0. The summed E-state index contributed by atoms with van der Waals surface area (Å²) >= 11 is 0. The van der Waals surface area contributed by atoms with Gasteiger partial charge in [-0.05, 0) is 32.2 Å². The highest BCUT2D eigenvalue weighted by molar-refractivity contribution is 5.77. The van der Waals surface area contributed by atoms with Crippen LogP contribution in [-0.4, -0.2) is 61.5 Å². The molecule has 2 rings (SSSR count). The molecule has 2 fully saturated rings. The molecule has 0 aromatic carbocycles. The Morgan fingerprint density at radius 3 is 2.69 bits per heavy atom. The number of nitrogens with zero attached hydrogens (tertiary/aromatic N) is 2. The van der Waals surface area contributed by atoms with Crippen molar-refractivity contribution in [2.75, 3.05) is 40.3 Å². The summed E-state index contributed by atoms with van der Waals surface area (Å²) in [5.74, 6) is 1.63. The third-order valence-corrected chi connectivity index (χ3v) is 4.34. The lowest BCUT2D eigenvalue weighted by molar-refractivity contribution is -0.131. The molecule has 16 heavy (non-hydrogen) atoms. The molecule has 2 aliphatic heterocycles. The number of carbonyl (C=O) groups is 1. The molecule has 2 saturated heterocycles. The minimum atomic E-state index is 0.153. The van der Waals surface area contributed by atoms with Crippen molar-refractivity contribution in [1.29, 1.82) is 0 Å². The molecule has 4 heteroatoms. The Morgan fingerprint density at radius 1 is 1.44 bits per heavy atom. The van der Waals surface area contributed by atoms with E-state index in [0.29, 0.717) is 12.5 Å². The first-order valence-corrected chi connectivity index (χ1v) is 6.09. The first-order valence-electron chi connectivity index (χ1n) is 6.09. The van der Waals surface area contributed by atoms with Gasteiger partial charge in [-0.25, -0.2) is 0 Å². The minimum absolute atomic E-state index is 0.153. The van der Waals surface area contributed by atoms with Crippen molar-refractivity contribution < 1.29 is 4.79 Å². The van der Waals surface area contributed by atoms with Gasteiger partial charge in [-0.15, -0.1) is 0 Å². The number of amides is 1. The Morgan fingerprint density at radius 2 is 2.12 bits per heavy atom. The smallest absolute Gasteiger partial charge is 0.236 e. The lowest BCUT2D eigenvalue weighted by Gasteiger charge is -2.35. The third-order valence-electron chi connectivity index (χ3n) is 4.34. The summed E-state index contributed by atoms with van der Waals surface area (Å²) in [6.45, 7) is 8.38. The van der Waals surface area contributed by atoms with E-state index in [-0.39, 0.29) is 11.4 Å². The molecule has 0 aromatic rings. The van der Waals surface area contributed by atoms with Crippen LogP contribution in [0, 0.1) is 11.8 Å². The van der Waals surface area contributed by atoms with Crippen molar-refractivity contribution in [2.24, 2.45) is 11.8 Å². The second-order valence-electron chi connectivity index (χ2n) is 5.85. The van der Waals surface area contributed by atoms with Gasteiger partial charge < -0.3 is 10.2 Å². The first kappa shape index (κ1) is 11.9. The van der Waals surface area contributed by atoms with Gasteiger partial charge in [-0.3, -0.25) is 9.69 Å². The molecule has 0 radical (unpaired) electrons. The van der Waals surface area contributed by atoms with E-state index in [1.54, 1.807) is 4.90 Å². The fourth-order valence-corrected chi connectivity index (χ4v) is 3.08. The average Bonchev–Trinajstić information content (AvgIpc) is 2.71. The summed E-state index contributed by atoms with van der Waals surface area (Å²) in [5, 5.41) is 3.45. The third kappa shape index (κ3) is 1.84. The van der Waals surface area contributed by atoms with Gasteiger partial charge in [-0.2, -0.15) is 0 Å². The summed E-state index contributed by atoms with van der Waals surface area (Å²) in [5.41, 5.74) is 0.153. The maximum Gasteiger partial charge on any atom is 0.236 e. The summed E-state index contributed by atoms with van der Waals surface area (Å²) < 4.78 is 0. The van der Waals surface area contributed by atoms with E-state index in [1.165, 1.54) is 0 Å². The molecule has 0 spiro atoms. The number of hydrogen-bond donors (Lipinski definition) is 1. The maximum atomic E-state index is 11.8. The van der Waals surface area contributed by atoms with Gasteiger partial charge in [0, 0.05) is 32.7 Å². The number of nitrogens with one attached hydrogen (secondary N) is 1. The van der Waals surface area contributed by atoms with Crippen LogP contribution in [0.15, 0.2) is 0 Å². The Kier molecular flexibility index (Phi) is 2.97. The van der Waals surface area contributed by atoms with E-state index in [1.807, 2.05) is 14.1 Å². The quantitative estimate of drug-likeness (QED) is 0.719. The molecule has 92 valence electrons. The fraction of sp³-hybridized carbons (Fsp3) is 0.917. The Bertz CT molecular complexity index is 288. The van der Waals surface area contributed by atoms with Crippen molar-refractivity contribution in [3.63, 3.8) is 0 Å². The number of likely N-dealkylation sites (tertiary alicyclic amines) is 1. The molecule has 0 aliphatic carbocycles. The van der Waals surface area contributed by atoms with Crippen LogP contribution in [0.2, 0.25) is 0 Å². The topological polar surface area (TPSA) is 35.6 Å². The zero-order valence-electron chi connectivity index (χ0n) is 10.8. The average molecular weight is 225 g/mol. The standard InChI is InChI=1S/C12H23N3O/c1-12(2)10-6-13-5-9(10)7-15(12)8-11(16)14(3)4/h9-10,13H,5-8H2,1-4H3. The predicted octanol–water partition coefficient (Wildman–Crippen LogP) is 0.00440. The molecule has 4 nitrogen and oxygen atoms in total. The van der Waals surface area contributed by atoms with Gasteiger partial charge in [-0.1, -0.05) is 0 Å². The van der Waals surface area contributed by atoms with Crippen LogP contribution < -0.4 is 5.32 Å². The molecule has 2 atom stereocenters. The number of likely N-dealkylation sites (N-methyl/N-ethyl adjacent to an activating group) is 1. The molecule has 0 saturated carbocycles. The first-order chi connectivity index (χ1) is 7.43. The van der Waals surface area contributed by atoms with Crippen LogP contribution >= 0.6 is 0 Å². The maximum absolute atomic E-state index is 11.8. The summed E-state index contributed by atoms with van der Waals surface area (Å²) in [7, 11) is 3.65. The highest BCUT2D eigenvalue weighted by atomic mass is 16.2. The Balaban J connectivity index is 2.04. The zero-order valence-corrected chi connectivity index (χ0v) is 10.8. The molecule has 1 N–H and O–H groups in total. The van der Waals surface area contributed by atoms with E-state index in [2.05, 4.69) is 24.1 Å². The fourth-order valence-electron chi connectivity index (χ4n) is 3.08. The van der Waals surface area contributed by atoms with Gasteiger partial charge in [0.15, 0.2) is 0 Å². The van der Waals surface area contributed by atoms with Crippen LogP contribution in [0.3, 0.4) is 0 Å². The second-order valence-corrected chi connectivity index (χ2v) is 5.85. The molecule has 2 aliphatic rings. The number of hydrogen-bond acceptors (Lipinski definition) is 3. The van der Waals surface area contributed by atoms with E-state index in [0.717, 1.165) is 25.6 Å². The monoisotopic (exact) mass is 225 g/mol. The van der Waals surface area contributed by atoms with Crippen molar-refractivity contribution in [3.05, 3.63) is 0 Å². The van der Waals surface area contributed by atoms with E-state index < -0.39 is 0 Å². The van der Waals surface area contributed by atoms with Gasteiger partial charge in [0.05, 0.1) is 6.54 Å². The second kappa shape index (κ2) is 4.00. The SMILES string of the molecule is CN(C)C(=O)CN1CC2CNCC2C1(C)C. The number of fused-ring (bicyclic) bond motifs is 1. The molecule has 0 aromatic heterocycles. The lowest BCUT2D eigenvalue weighted by atomic mass is 9.85. The normalized spacial score (nSPS) is 32.8. The van der Waals surface area contributed by atoms with Crippen molar-refractivity contribution in [3.8, 4) is 0 Å². The minimum Gasteiger partial charge on any atom is -0.348 e. The summed E-state index contributed by atoms with van der Waals surface area (Å²) in [4.78, 5) is 15.8. The van der Waals surface area contributed by atoms with Crippen molar-refractivity contribution in [1.82, 2.24) is 15.1 Å². The predicted molar refractivity (Wildman–Crippen MR) is 64.2 cm³/mol. The van der Waals surface area contributed by atoms with Crippen molar-refractivity contribution >= 4 is 5.91 Å². The van der Waals surface area contributed by atoms with E-state index in [9.17, 15) is 4.79 Å². The molecule has 2 heterocycles. The van der Waals surface area contributed by atoms with E-state index in [4.69, 9.17) is 0 Å². The van der Waals surface area contributed by atoms with Crippen LogP contribution in [0.4, 0.5) is 0 Å². The van der Waals surface area contributed by atoms with Crippen LogP contribution in [0.5, 0.6) is 0 Å². The van der Waals surface area contributed by atoms with E-state index >= 15 is 0 Å². The Hall–Kier alpha value is -0.610. The van der Waals surface area contributed by atoms with Gasteiger partial charge in [0.1, 0.15) is 0 Å². The van der Waals surface area contributed by atoms with Crippen LogP contribution in [-0.2, 0) is 4.79 Å². The zero-order chi connectivity index (χ0) is 11.9. The molecular weight excluding hydrogens is 202 g/mol. The lowest BCUT2D eigenvalue weighted by Crippen LogP contribution is -2.48. The van der Waals surface area contributed by atoms with Crippen LogP contribution in [0.1, 0.15) is 13.8 Å².